The van der Waals surface area contributed by atoms with Gasteiger partial charge < -0.3 is 19.8 Å². The first-order valence-electron chi connectivity index (χ1n) is 5.74. The number of carbonyl (C=O) groups is 2. The highest BCUT2D eigenvalue weighted by molar-refractivity contribution is 5.75. The third-order valence-corrected chi connectivity index (χ3v) is 2.77. The Morgan fingerprint density at radius 2 is 1.89 bits per heavy atom. The van der Waals surface area contributed by atoms with Crippen LogP contribution in [0.25, 0.3) is 0 Å². The van der Waals surface area contributed by atoms with E-state index in [9.17, 15) is 9.59 Å². The third-order valence-electron chi connectivity index (χ3n) is 2.77. The summed E-state index contributed by atoms with van der Waals surface area (Å²) in [7, 11) is 0. The number of hydrogen-bond acceptors (Lipinski definition) is 4. The molecule has 1 saturated heterocycles. The number of rotatable bonds is 3. The van der Waals surface area contributed by atoms with Crippen molar-refractivity contribution in [2.75, 3.05) is 13.1 Å². The van der Waals surface area contributed by atoms with Crippen molar-refractivity contribution in [1.82, 2.24) is 10.2 Å². The van der Waals surface area contributed by atoms with E-state index in [4.69, 9.17) is 14.9 Å². The van der Waals surface area contributed by atoms with Crippen molar-refractivity contribution in [2.45, 2.75) is 12.3 Å². The monoisotopic (exact) mass is 266 g/mol. The first-order valence-corrected chi connectivity index (χ1v) is 5.74. The lowest BCUT2D eigenvalue weighted by molar-refractivity contribution is -0.142. The Morgan fingerprint density at radius 3 is 2.47 bits per heavy atom. The van der Waals surface area contributed by atoms with Crippen LogP contribution in [-0.2, 0) is 4.79 Å². The van der Waals surface area contributed by atoms with Gasteiger partial charge in [-0.3, -0.25) is 10.1 Å². The number of nitrogens with zero attached hydrogens (tertiary/aromatic N) is 1. The van der Waals surface area contributed by atoms with Crippen molar-refractivity contribution in [1.29, 1.82) is 0 Å². The summed E-state index contributed by atoms with van der Waals surface area (Å²) in [5, 5.41) is 20.7. The second-order valence-corrected chi connectivity index (χ2v) is 4.16. The van der Waals surface area contributed by atoms with Crippen LogP contribution in [0, 0.1) is 0 Å². The Balaban J connectivity index is 2.07. The minimum atomic E-state index is -1.16. The van der Waals surface area contributed by atoms with Crippen LogP contribution >= 0.6 is 0 Å². The van der Waals surface area contributed by atoms with E-state index in [1.165, 1.54) is 0 Å². The first-order chi connectivity index (χ1) is 9.06. The standard InChI is InChI=1S/C12H14N2O5/c15-11(16)9-6-14(12(17)18)7-10(13-9)19-8-4-2-1-3-5-8/h1-5,9-10,13H,6-7H2,(H,15,16)(H,17,18)/t9-,10?/m0/s1. The summed E-state index contributed by atoms with van der Waals surface area (Å²) in [6.45, 7) is -0.0205. The Kier molecular flexibility index (Phi) is 3.86. The maximum atomic E-state index is 11.0. The molecular formula is C12H14N2O5. The van der Waals surface area contributed by atoms with Crippen LogP contribution in [0.5, 0.6) is 5.75 Å². The number of ether oxygens (including phenoxy) is 1. The van der Waals surface area contributed by atoms with Crippen molar-refractivity contribution in [3.63, 3.8) is 0 Å². The van der Waals surface area contributed by atoms with Gasteiger partial charge in [0.15, 0.2) is 6.23 Å². The van der Waals surface area contributed by atoms with Gasteiger partial charge in [-0.25, -0.2) is 4.79 Å². The minimum Gasteiger partial charge on any atom is -0.480 e. The van der Waals surface area contributed by atoms with Crippen molar-refractivity contribution >= 4 is 12.1 Å². The molecule has 0 bridgehead atoms. The zero-order valence-electron chi connectivity index (χ0n) is 10.0. The zero-order valence-corrected chi connectivity index (χ0v) is 10.0. The molecule has 102 valence electrons. The SMILES string of the molecule is O=C(O)[C@@H]1CN(C(=O)O)CC(Oc2ccccc2)N1. The average Bonchev–Trinajstić information content (AvgIpc) is 2.39. The predicted molar refractivity (Wildman–Crippen MR) is 65.0 cm³/mol. The highest BCUT2D eigenvalue weighted by Crippen LogP contribution is 2.13. The fourth-order valence-corrected chi connectivity index (χ4v) is 1.87. The first kappa shape index (κ1) is 13.2. The molecule has 0 radical (unpaired) electrons. The predicted octanol–water partition coefficient (Wildman–Crippen LogP) is 0.428. The number of carboxylic acid groups (broad SMARTS) is 2. The molecule has 7 nitrogen and oxygen atoms in total. The second-order valence-electron chi connectivity index (χ2n) is 4.16. The number of benzene rings is 1. The lowest BCUT2D eigenvalue weighted by atomic mass is 10.2. The molecule has 1 aromatic carbocycles. The Morgan fingerprint density at radius 1 is 1.21 bits per heavy atom. The fourth-order valence-electron chi connectivity index (χ4n) is 1.87. The second kappa shape index (κ2) is 5.57. The summed E-state index contributed by atoms with van der Waals surface area (Å²) >= 11 is 0. The molecule has 0 saturated carbocycles. The summed E-state index contributed by atoms with van der Waals surface area (Å²) < 4.78 is 5.54. The van der Waals surface area contributed by atoms with Gasteiger partial charge in [0, 0.05) is 0 Å². The van der Waals surface area contributed by atoms with E-state index in [1.807, 2.05) is 6.07 Å². The molecule has 0 aromatic heterocycles. The van der Waals surface area contributed by atoms with Crippen molar-refractivity contribution in [2.24, 2.45) is 0 Å². The topological polar surface area (TPSA) is 99.1 Å². The van der Waals surface area contributed by atoms with E-state index in [0.717, 1.165) is 4.90 Å². The van der Waals surface area contributed by atoms with E-state index in [0.29, 0.717) is 5.75 Å². The molecule has 19 heavy (non-hydrogen) atoms. The summed E-state index contributed by atoms with van der Waals surface area (Å²) in [6, 6.07) is 7.85. The molecule has 1 aliphatic heterocycles. The van der Waals surface area contributed by atoms with Gasteiger partial charge in [0.1, 0.15) is 11.8 Å². The Hall–Kier alpha value is -2.28. The van der Waals surface area contributed by atoms with Crippen LogP contribution in [0.2, 0.25) is 0 Å². The summed E-state index contributed by atoms with van der Waals surface area (Å²) in [5.74, 6) is -0.552. The van der Waals surface area contributed by atoms with Crippen molar-refractivity contribution < 1.29 is 24.5 Å². The molecule has 1 fully saturated rings. The number of nitrogens with one attached hydrogen (secondary N) is 1. The van der Waals surface area contributed by atoms with Crippen molar-refractivity contribution in [3.05, 3.63) is 30.3 Å². The molecule has 7 heteroatoms. The van der Waals surface area contributed by atoms with Gasteiger partial charge in [0.05, 0.1) is 13.1 Å². The molecule has 1 amide bonds. The maximum absolute atomic E-state index is 11.0. The van der Waals surface area contributed by atoms with Crippen LogP contribution in [0.3, 0.4) is 0 Å². The van der Waals surface area contributed by atoms with Crippen LogP contribution < -0.4 is 10.1 Å². The van der Waals surface area contributed by atoms with Gasteiger partial charge in [0.25, 0.3) is 0 Å². The quantitative estimate of drug-likeness (QED) is 0.733. The molecule has 1 heterocycles. The molecule has 1 unspecified atom stereocenters. The van der Waals surface area contributed by atoms with Crippen LogP contribution in [-0.4, -0.2) is 52.5 Å². The maximum Gasteiger partial charge on any atom is 0.407 e. The number of carboxylic acids is 1. The lowest BCUT2D eigenvalue weighted by Crippen LogP contribution is -2.62. The molecule has 0 spiro atoms. The average molecular weight is 266 g/mol. The number of amides is 1. The summed E-state index contributed by atoms with van der Waals surface area (Å²) in [6.07, 6.45) is -1.84. The number of piperazine rings is 1. The summed E-state index contributed by atoms with van der Waals surface area (Å²) in [4.78, 5) is 23.0. The van der Waals surface area contributed by atoms with E-state index < -0.39 is 24.3 Å². The molecule has 2 atom stereocenters. The molecule has 1 aliphatic rings. The van der Waals surface area contributed by atoms with Gasteiger partial charge in [-0.15, -0.1) is 0 Å². The molecule has 3 N–H and O–H groups in total. The highest BCUT2D eigenvalue weighted by Gasteiger charge is 2.34. The highest BCUT2D eigenvalue weighted by atomic mass is 16.5. The number of aliphatic carboxylic acids is 1. The van der Waals surface area contributed by atoms with E-state index in [1.54, 1.807) is 24.3 Å². The van der Waals surface area contributed by atoms with Crippen LogP contribution in [0.1, 0.15) is 0 Å². The third kappa shape index (κ3) is 3.35. The fraction of sp³-hybridized carbons (Fsp3) is 0.333. The Bertz CT molecular complexity index is 442. The van der Waals surface area contributed by atoms with Gasteiger partial charge in [0.2, 0.25) is 0 Å². The molecule has 0 aliphatic carbocycles. The molecular weight excluding hydrogens is 252 g/mol. The summed E-state index contributed by atoms with van der Waals surface area (Å²) in [5.41, 5.74) is 0. The smallest absolute Gasteiger partial charge is 0.407 e. The van der Waals surface area contributed by atoms with E-state index >= 15 is 0 Å². The molecule has 2 rings (SSSR count). The largest absolute Gasteiger partial charge is 0.480 e. The minimum absolute atomic E-state index is 0.0774. The molecule has 1 aromatic rings. The van der Waals surface area contributed by atoms with E-state index in [-0.39, 0.29) is 13.1 Å². The van der Waals surface area contributed by atoms with Crippen LogP contribution in [0.4, 0.5) is 4.79 Å². The van der Waals surface area contributed by atoms with Crippen molar-refractivity contribution in [3.8, 4) is 5.75 Å². The van der Waals surface area contributed by atoms with Gasteiger partial charge >= 0.3 is 12.1 Å². The number of para-hydroxylation sites is 1. The number of hydrogen-bond donors (Lipinski definition) is 3. The lowest BCUT2D eigenvalue weighted by Gasteiger charge is -2.35. The van der Waals surface area contributed by atoms with Crippen LogP contribution in [0.15, 0.2) is 30.3 Å². The van der Waals surface area contributed by atoms with E-state index in [2.05, 4.69) is 5.32 Å². The zero-order chi connectivity index (χ0) is 13.8. The van der Waals surface area contributed by atoms with Gasteiger partial charge in [-0.05, 0) is 12.1 Å². The normalized spacial score (nSPS) is 22.8. The van der Waals surface area contributed by atoms with Gasteiger partial charge in [-0.1, -0.05) is 18.2 Å². The Labute approximate surface area is 109 Å². The van der Waals surface area contributed by atoms with Gasteiger partial charge in [-0.2, -0.15) is 0 Å².